The maximum absolute atomic E-state index is 12.7. The van der Waals surface area contributed by atoms with E-state index in [2.05, 4.69) is 0 Å². The number of nitrogens with zero attached hydrogens (tertiary/aromatic N) is 2. The Labute approximate surface area is 166 Å². The molecule has 0 N–H and O–H groups in total. The van der Waals surface area contributed by atoms with E-state index in [0.717, 1.165) is 16.7 Å². The Morgan fingerprint density at radius 3 is 2.54 bits per heavy atom. The summed E-state index contributed by atoms with van der Waals surface area (Å²) in [5.41, 5.74) is 0.869. The number of nitro benzene ring substituents is 1. The highest BCUT2D eigenvalue weighted by molar-refractivity contribution is 8.18. The SMILES string of the molecule is CC(C)Oc1ccccc1/C=C1\SC(=O)N(Cc2ccccc2[N+](=O)[O-])C1=O. The molecule has 2 aromatic carbocycles. The number of ether oxygens (including phenoxy) is 1. The Kier molecular flexibility index (Phi) is 5.79. The number of benzene rings is 2. The second-order valence-electron chi connectivity index (χ2n) is 6.36. The van der Waals surface area contributed by atoms with Gasteiger partial charge in [-0.25, -0.2) is 0 Å². The lowest BCUT2D eigenvalue weighted by Gasteiger charge is -2.13. The lowest BCUT2D eigenvalue weighted by molar-refractivity contribution is -0.385. The molecule has 0 unspecified atom stereocenters. The van der Waals surface area contributed by atoms with Gasteiger partial charge in [-0.3, -0.25) is 24.6 Å². The second kappa shape index (κ2) is 8.26. The number of imide groups is 1. The van der Waals surface area contributed by atoms with Crippen molar-refractivity contribution in [2.75, 3.05) is 0 Å². The lowest BCUT2D eigenvalue weighted by atomic mass is 10.1. The zero-order valence-corrected chi connectivity index (χ0v) is 16.1. The largest absolute Gasteiger partial charge is 0.490 e. The molecule has 0 saturated carbocycles. The summed E-state index contributed by atoms with van der Waals surface area (Å²) in [6.07, 6.45) is 1.57. The fraction of sp³-hybridized carbons (Fsp3) is 0.200. The summed E-state index contributed by atoms with van der Waals surface area (Å²) >= 11 is 0.811. The zero-order valence-electron chi connectivity index (χ0n) is 15.3. The number of rotatable bonds is 6. The number of hydrogen-bond acceptors (Lipinski definition) is 6. The molecule has 3 rings (SSSR count). The van der Waals surface area contributed by atoms with E-state index in [-0.39, 0.29) is 23.2 Å². The van der Waals surface area contributed by atoms with E-state index in [4.69, 9.17) is 4.74 Å². The van der Waals surface area contributed by atoms with E-state index in [1.807, 2.05) is 26.0 Å². The Balaban J connectivity index is 1.87. The van der Waals surface area contributed by atoms with Crippen molar-refractivity contribution in [1.29, 1.82) is 0 Å². The maximum Gasteiger partial charge on any atom is 0.293 e. The van der Waals surface area contributed by atoms with Crippen LogP contribution in [0.1, 0.15) is 25.0 Å². The predicted octanol–water partition coefficient (Wildman–Crippen LogP) is 4.62. The van der Waals surface area contributed by atoms with Crippen LogP contribution in [0.5, 0.6) is 5.75 Å². The first-order valence-corrected chi connectivity index (χ1v) is 9.42. The predicted molar refractivity (Wildman–Crippen MR) is 107 cm³/mol. The second-order valence-corrected chi connectivity index (χ2v) is 7.35. The van der Waals surface area contributed by atoms with Gasteiger partial charge in [-0.1, -0.05) is 36.4 Å². The molecule has 7 nitrogen and oxygen atoms in total. The van der Waals surface area contributed by atoms with Gasteiger partial charge in [0, 0.05) is 17.2 Å². The number of carbonyl (C=O) groups excluding carboxylic acids is 2. The first-order valence-electron chi connectivity index (χ1n) is 8.60. The highest BCUT2D eigenvalue weighted by Gasteiger charge is 2.36. The Hall–Kier alpha value is -3.13. The molecule has 2 aromatic rings. The first kappa shape index (κ1) is 19.6. The van der Waals surface area contributed by atoms with Crippen molar-refractivity contribution in [1.82, 2.24) is 4.90 Å². The number of thioether (sulfide) groups is 1. The molecule has 0 aromatic heterocycles. The van der Waals surface area contributed by atoms with Crippen molar-refractivity contribution in [2.45, 2.75) is 26.5 Å². The van der Waals surface area contributed by atoms with Gasteiger partial charge in [-0.15, -0.1) is 0 Å². The summed E-state index contributed by atoms with van der Waals surface area (Å²) in [6.45, 7) is 3.65. The molecule has 144 valence electrons. The molecule has 0 bridgehead atoms. The molecule has 0 spiro atoms. The molecule has 2 amide bonds. The summed E-state index contributed by atoms with van der Waals surface area (Å²) in [5, 5.41) is 10.7. The average Bonchev–Trinajstić information content (AvgIpc) is 2.91. The van der Waals surface area contributed by atoms with E-state index < -0.39 is 16.1 Å². The van der Waals surface area contributed by atoms with Crippen molar-refractivity contribution in [3.05, 3.63) is 74.7 Å². The van der Waals surface area contributed by atoms with Gasteiger partial charge in [0.25, 0.3) is 16.8 Å². The van der Waals surface area contributed by atoms with Crippen molar-refractivity contribution in [3.63, 3.8) is 0 Å². The third-order valence-electron chi connectivity index (χ3n) is 3.96. The first-order chi connectivity index (χ1) is 13.4. The fourth-order valence-corrected chi connectivity index (χ4v) is 3.56. The van der Waals surface area contributed by atoms with E-state index in [1.54, 1.807) is 30.3 Å². The molecular formula is C20H18N2O5S. The highest BCUT2D eigenvalue weighted by Crippen LogP contribution is 2.35. The van der Waals surface area contributed by atoms with Gasteiger partial charge in [0.2, 0.25) is 0 Å². The van der Waals surface area contributed by atoms with Crippen LogP contribution in [0.25, 0.3) is 6.08 Å². The molecule has 0 atom stereocenters. The van der Waals surface area contributed by atoms with Crippen LogP contribution in [0.4, 0.5) is 10.5 Å². The zero-order chi connectivity index (χ0) is 20.3. The Bertz CT molecular complexity index is 971. The van der Waals surface area contributed by atoms with Crippen LogP contribution in [-0.2, 0) is 11.3 Å². The number of hydrogen-bond donors (Lipinski definition) is 0. The standard InChI is InChI=1S/C20H18N2O5S/c1-13(2)27-17-10-6-4-7-14(17)11-18-19(23)21(20(24)28-18)12-15-8-3-5-9-16(15)22(25)26/h3-11,13H,12H2,1-2H3/b18-11-. The molecule has 1 aliphatic heterocycles. The quantitative estimate of drug-likeness (QED) is 0.401. The van der Waals surface area contributed by atoms with Gasteiger partial charge < -0.3 is 4.74 Å². The van der Waals surface area contributed by atoms with Gasteiger partial charge in [0.05, 0.1) is 22.5 Å². The smallest absolute Gasteiger partial charge is 0.293 e. The van der Waals surface area contributed by atoms with E-state index >= 15 is 0 Å². The molecular weight excluding hydrogens is 380 g/mol. The van der Waals surface area contributed by atoms with Crippen LogP contribution in [0.3, 0.4) is 0 Å². The molecule has 28 heavy (non-hydrogen) atoms. The van der Waals surface area contributed by atoms with Gasteiger partial charge in [0.15, 0.2) is 0 Å². The molecule has 8 heteroatoms. The fourth-order valence-electron chi connectivity index (χ4n) is 2.73. The maximum atomic E-state index is 12.7. The van der Waals surface area contributed by atoms with Crippen LogP contribution in [0.2, 0.25) is 0 Å². The van der Waals surface area contributed by atoms with Crippen molar-refractivity contribution < 1.29 is 19.2 Å². The van der Waals surface area contributed by atoms with Crippen molar-refractivity contribution in [2.24, 2.45) is 0 Å². The third-order valence-corrected chi connectivity index (χ3v) is 4.87. The number of para-hydroxylation sites is 2. The molecule has 1 fully saturated rings. The average molecular weight is 398 g/mol. The molecule has 1 aliphatic rings. The van der Waals surface area contributed by atoms with Crippen LogP contribution >= 0.6 is 11.8 Å². The van der Waals surface area contributed by atoms with E-state index in [1.165, 1.54) is 12.1 Å². The van der Waals surface area contributed by atoms with Crippen molar-refractivity contribution in [3.8, 4) is 5.75 Å². The molecule has 1 saturated heterocycles. The highest BCUT2D eigenvalue weighted by atomic mass is 32.2. The molecule has 0 aliphatic carbocycles. The van der Waals surface area contributed by atoms with Crippen LogP contribution in [0.15, 0.2) is 53.4 Å². The molecule has 1 heterocycles. The topological polar surface area (TPSA) is 89.8 Å². The Morgan fingerprint density at radius 1 is 1.14 bits per heavy atom. The van der Waals surface area contributed by atoms with Crippen LogP contribution in [-0.4, -0.2) is 27.1 Å². The van der Waals surface area contributed by atoms with E-state index in [9.17, 15) is 19.7 Å². The Morgan fingerprint density at radius 2 is 1.82 bits per heavy atom. The summed E-state index contributed by atoms with van der Waals surface area (Å²) in [5.74, 6) is 0.135. The minimum Gasteiger partial charge on any atom is -0.490 e. The van der Waals surface area contributed by atoms with Gasteiger partial charge >= 0.3 is 0 Å². The summed E-state index contributed by atoms with van der Waals surface area (Å²) in [4.78, 5) is 37.0. The number of amides is 2. The van der Waals surface area contributed by atoms with Gasteiger partial charge in [0.1, 0.15) is 5.75 Å². The van der Waals surface area contributed by atoms with Gasteiger partial charge in [-0.05, 0) is 37.8 Å². The third kappa shape index (κ3) is 4.23. The minimum atomic E-state index is -0.524. The van der Waals surface area contributed by atoms with E-state index in [0.29, 0.717) is 16.9 Å². The molecule has 0 radical (unpaired) electrons. The van der Waals surface area contributed by atoms with Crippen molar-refractivity contribution >= 4 is 34.7 Å². The van der Waals surface area contributed by atoms with Crippen LogP contribution in [0, 0.1) is 10.1 Å². The summed E-state index contributed by atoms with van der Waals surface area (Å²) < 4.78 is 5.74. The minimum absolute atomic E-state index is 0.0387. The number of carbonyl (C=O) groups is 2. The lowest BCUT2D eigenvalue weighted by Crippen LogP contribution is -2.27. The number of nitro groups is 1. The summed E-state index contributed by atoms with van der Waals surface area (Å²) in [6, 6.07) is 13.3. The van der Waals surface area contributed by atoms with Gasteiger partial charge in [-0.2, -0.15) is 0 Å². The monoisotopic (exact) mass is 398 g/mol. The van der Waals surface area contributed by atoms with Crippen LogP contribution < -0.4 is 4.74 Å². The summed E-state index contributed by atoms with van der Waals surface area (Å²) in [7, 11) is 0. The normalized spacial score (nSPS) is 15.5.